The van der Waals surface area contributed by atoms with Crippen molar-refractivity contribution in [1.82, 2.24) is 14.5 Å². The summed E-state index contributed by atoms with van der Waals surface area (Å²) in [6, 6.07) is 7.56. The highest BCUT2D eigenvalue weighted by Gasteiger charge is 2.16. The molecule has 22 heavy (non-hydrogen) atoms. The van der Waals surface area contributed by atoms with Crippen LogP contribution >= 0.6 is 0 Å². The molecule has 1 N–H and O–H groups in total. The van der Waals surface area contributed by atoms with Gasteiger partial charge in [-0.3, -0.25) is 9.71 Å². The number of nitrogens with one attached hydrogen (secondary N) is 1. The molecule has 0 saturated heterocycles. The molecule has 1 unspecified atom stereocenters. The molecule has 0 radical (unpaired) electrons. The van der Waals surface area contributed by atoms with E-state index in [9.17, 15) is 4.21 Å². The van der Waals surface area contributed by atoms with E-state index in [0.717, 1.165) is 5.39 Å². The van der Waals surface area contributed by atoms with E-state index < -0.39 is 11.0 Å². The molecule has 6 nitrogen and oxygen atoms in total. The first-order chi connectivity index (χ1) is 10.7. The summed E-state index contributed by atoms with van der Waals surface area (Å²) in [7, 11) is 0.0738. The summed E-state index contributed by atoms with van der Waals surface area (Å²) in [5.74, 6) is 0.592. The van der Waals surface area contributed by atoms with Gasteiger partial charge in [-0.05, 0) is 25.1 Å². The van der Waals surface area contributed by atoms with Gasteiger partial charge in [0.2, 0.25) is 5.16 Å². The molecule has 7 heteroatoms. The monoisotopic (exact) mass is 316 g/mol. The zero-order valence-corrected chi connectivity index (χ0v) is 13.1. The maximum atomic E-state index is 12.6. The van der Waals surface area contributed by atoms with Crippen LogP contribution in [0.15, 0.2) is 48.0 Å². The van der Waals surface area contributed by atoms with E-state index in [0.29, 0.717) is 28.7 Å². The van der Waals surface area contributed by atoms with Crippen molar-refractivity contribution in [2.45, 2.75) is 18.6 Å². The first-order valence-corrected chi connectivity index (χ1v) is 8.01. The molecule has 1 atom stereocenters. The number of anilines is 1. The van der Waals surface area contributed by atoms with Gasteiger partial charge < -0.3 is 9.30 Å². The Hall–Kier alpha value is -2.41. The second kappa shape index (κ2) is 6.15. The number of imidazole rings is 1. The fourth-order valence-electron chi connectivity index (χ4n) is 2.24. The van der Waals surface area contributed by atoms with Gasteiger partial charge in [-0.25, -0.2) is 9.19 Å². The number of hydrogen-bond donors (Lipinski definition) is 1. The Balaban J connectivity index is 2.04. The molecule has 0 aliphatic rings. The van der Waals surface area contributed by atoms with Gasteiger partial charge in [-0.1, -0.05) is 6.07 Å². The third-order valence-electron chi connectivity index (χ3n) is 3.33. The maximum absolute atomic E-state index is 12.6. The van der Waals surface area contributed by atoms with Crippen LogP contribution in [0, 0.1) is 0 Å². The summed E-state index contributed by atoms with van der Waals surface area (Å²) in [5, 5.41) is 1.42. The van der Waals surface area contributed by atoms with E-state index in [1.165, 1.54) is 0 Å². The van der Waals surface area contributed by atoms with E-state index in [1.54, 1.807) is 25.7 Å². The Morgan fingerprint density at radius 2 is 2.14 bits per heavy atom. The molecule has 2 heterocycles. The van der Waals surface area contributed by atoms with Crippen LogP contribution in [0.5, 0.6) is 5.75 Å². The van der Waals surface area contributed by atoms with E-state index >= 15 is 0 Å². The van der Waals surface area contributed by atoms with Gasteiger partial charge in [0.15, 0.2) is 11.0 Å². The lowest BCUT2D eigenvalue weighted by Crippen LogP contribution is -2.12. The van der Waals surface area contributed by atoms with E-state index in [1.807, 2.05) is 35.8 Å². The largest absolute Gasteiger partial charge is 0.494 e. The highest BCUT2D eigenvalue weighted by molar-refractivity contribution is 7.86. The van der Waals surface area contributed by atoms with Crippen LogP contribution < -0.4 is 9.46 Å². The molecule has 0 fully saturated rings. The number of hydrogen-bond acceptors (Lipinski definition) is 4. The standard InChI is InChI=1S/C15H16N4O2S/c1-3-19-10-9-17-15(19)22(20)18-14-12(21-2)7-6-11-5-4-8-16-13(11)14/h4-10,18H,3H2,1-2H3. The van der Waals surface area contributed by atoms with Crippen molar-refractivity contribution in [2.75, 3.05) is 11.8 Å². The average molecular weight is 316 g/mol. The minimum Gasteiger partial charge on any atom is -0.494 e. The fourth-order valence-corrected chi connectivity index (χ4v) is 3.28. The summed E-state index contributed by atoms with van der Waals surface area (Å²) in [5.41, 5.74) is 1.31. The summed E-state index contributed by atoms with van der Waals surface area (Å²) < 4.78 is 22.8. The number of nitrogens with zero attached hydrogens (tertiary/aromatic N) is 3. The zero-order chi connectivity index (χ0) is 15.5. The van der Waals surface area contributed by atoms with Gasteiger partial charge in [0.1, 0.15) is 11.4 Å². The minimum atomic E-state index is -1.50. The molecule has 0 amide bonds. The zero-order valence-electron chi connectivity index (χ0n) is 12.3. The lowest BCUT2D eigenvalue weighted by molar-refractivity contribution is 0.417. The van der Waals surface area contributed by atoms with Crippen LogP contribution in [0.1, 0.15) is 6.92 Å². The SMILES string of the molecule is CCn1ccnc1S(=O)Nc1c(OC)ccc2cccnc12. The number of aryl methyl sites for hydroxylation is 1. The average Bonchev–Trinajstić information content (AvgIpc) is 3.04. The summed E-state index contributed by atoms with van der Waals surface area (Å²) in [4.78, 5) is 8.52. The molecule has 0 aliphatic heterocycles. The van der Waals surface area contributed by atoms with Gasteiger partial charge in [-0.2, -0.15) is 0 Å². The molecule has 0 saturated carbocycles. The van der Waals surface area contributed by atoms with Gasteiger partial charge in [-0.15, -0.1) is 0 Å². The Labute approximate surface area is 130 Å². The molecule has 0 spiro atoms. The van der Waals surface area contributed by atoms with Crippen molar-refractivity contribution in [3.63, 3.8) is 0 Å². The molecular formula is C15H16N4O2S. The number of aromatic nitrogens is 3. The van der Waals surface area contributed by atoms with Crippen molar-refractivity contribution in [3.8, 4) is 5.75 Å². The molecular weight excluding hydrogens is 300 g/mol. The lowest BCUT2D eigenvalue weighted by atomic mass is 10.2. The van der Waals surface area contributed by atoms with Crippen molar-refractivity contribution >= 4 is 27.6 Å². The highest BCUT2D eigenvalue weighted by Crippen LogP contribution is 2.32. The second-order valence-corrected chi connectivity index (χ2v) is 5.69. The highest BCUT2D eigenvalue weighted by atomic mass is 32.2. The maximum Gasteiger partial charge on any atom is 0.220 e. The lowest BCUT2D eigenvalue weighted by Gasteiger charge is -2.13. The molecule has 0 aliphatic carbocycles. The van der Waals surface area contributed by atoms with E-state index in [4.69, 9.17) is 4.74 Å². The number of pyridine rings is 1. The van der Waals surface area contributed by atoms with Crippen LogP contribution in [-0.2, 0) is 17.5 Å². The quantitative estimate of drug-likeness (QED) is 0.785. The molecule has 3 aromatic rings. The summed E-state index contributed by atoms with van der Waals surface area (Å²) in [6.45, 7) is 2.68. The number of ether oxygens (including phenoxy) is 1. The molecule has 0 bridgehead atoms. The third-order valence-corrected chi connectivity index (χ3v) is 4.40. The summed E-state index contributed by atoms with van der Waals surface area (Å²) >= 11 is 0. The Kier molecular flexibility index (Phi) is 4.06. The van der Waals surface area contributed by atoms with Crippen LogP contribution in [0.25, 0.3) is 10.9 Å². The summed E-state index contributed by atoms with van der Waals surface area (Å²) in [6.07, 6.45) is 5.13. The predicted octanol–water partition coefficient (Wildman–Crippen LogP) is 2.59. The van der Waals surface area contributed by atoms with Crippen LogP contribution in [0.2, 0.25) is 0 Å². The number of fused-ring (bicyclic) bond motifs is 1. The molecule has 1 aromatic carbocycles. The Morgan fingerprint density at radius 1 is 1.27 bits per heavy atom. The van der Waals surface area contributed by atoms with Crippen molar-refractivity contribution < 1.29 is 8.95 Å². The number of methoxy groups -OCH3 is 1. The van der Waals surface area contributed by atoms with E-state index in [-0.39, 0.29) is 0 Å². The van der Waals surface area contributed by atoms with Gasteiger partial charge >= 0.3 is 0 Å². The smallest absolute Gasteiger partial charge is 0.220 e. The molecule has 3 rings (SSSR count). The van der Waals surface area contributed by atoms with Crippen molar-refractivity contribution in [2.24, 2.45) is 0 Å². The van der Waals surface area contributed by atoms with Gasteiger partial charge in [0.05, 0.1) is 12.6 Å². The number of rotatable bonds is 5. The molecule has 114 valence electrons. The Morgan fingerprint density at radius 3 is 2.91 bits per heavy atom. The first-order valence-electron chi connectivity index (χ1n) is 6.86. The minimum absolute atomic E-state index is 0.470. The predicted molar refractivity (Wildman–Crippen MR) is 86.2 cm³/mol. The fraction of sp³-hybridized carbons (Fsp3) is 0.200. The first kappa shape index (κ1) is 14.5. The Bertz CT molecular complexity index is 831. The third kappa shape index (κ3) is 2.55. The van der Waals surface area contributed by atoms with E-state index in [2.05, 4.69) is 14.7 Å². The van der Waals surface area contributed by atoms with Crippen LogP contribution in [0.3, 0.4) is 0 Å². The normalized spacial score (nSPS) is 12.3. The van der Waals surface area contributed by atoms with Crippen LogP contribution in [-0.4, -0.2) is 25.9 Å². The number of benzene rings is 1. The molecule has 2 aromatic heterocycles. The van der Waals surface area contributed by atoms with Crippen molar-refractivity contribution in [3.05, 3.63) is 42.9 Å². The van der Waals surface area contributed by atoms with Gasteiger partial charge in [0, 0.05) is 30.5 Å². The van der Waals surface area contributed by atoms with Crippen molar-refractivity contribution in [1.29, 1.82) is 0 Å². The van der Waals surface area contributed by atoms with Crippen LogP contribution in [0.4, 0.5) is 5.69 Å². The topological polar surface area (TPSA) is 69.0 Å². The second-order valence-electron chi connectivity index (χ2n) is 4.58. The van der Waals surface area contributed by atoms with Gasteiger partial charge in [0.25, 0.3) is 0 Å².